The van der Waals surface area contributed by atoms with Gasteiger partial charge in [-0.15, -0.1) is 0 Å². The number of anilines is 1. The second kappa shape index (κ2) is 9.73. The van der Waals surface area contributed by atoms with Crippen LogP contribution < -0.4 is 10.6 Å². The van der Waals surface area contributed by atoms with E-state index in [1.54, 1.807) is 32.3 Å². The van der Waals surface area contributed by atoms with Crippen LogP contribution >= 0.6 is 19.8 Å². The van der Waals surface area contributed by atoms with Crippen LogP contribution in [0.2, 0.25) is 0 Å². The van der Waals surface area contributed by atoms with Crippen molar-refractivity contribution in [1.29, 1.82) is 0 Å². The molecule has 1 aliphatic heterocycles. The normalized spacial score (nSPS) is 16.8. The second-order valence-corrected chi connectivity index (χ2v) is 13.7. The van der Waals surface area contributed by atoms with E-state index in [9.17, 15) is 18.5 Å². The van der Waals surface area contributed by atoms with Crippen LogP contribution in [-0.4, -0.2) is 55.8 Å². The van der Waals surface area contributed by atoms with Crippen LogP contribution in [0, 0.1) is 5.82 Å². The zero-order valence-corrected chi connectivity index (χ0v) is 20.4. The first-order valence-electron chi connectivity index (χ1n) is 9.08. The van der Waals surface area contributed by atoms with Crippen molar-refractivity contribution in [3.05, 3.63) is 59.4 Å². The molecule has 166 valence electrons. The Morgan fingerprint density at radius 3 is 2.48 bits per heavy atom. The number of amidine groups is 2. The summed E-state index contributed by atoms with van der Waals surface area (Å²) in [6.45, 7) is 0. The molecule has 0 aliphatic carbocycles. The van der Waals surface area contributed by atoms with E-state index >= 15 is 0 Å². The molecular weight excluding hydrogens is 536 g/mol. The van der Waals surface area contributed by atoms with E-state index in [0.717, 1.165) is 5.56 Å². The fourth-order valence-corrected chi connectivity index (χ4v) is 6.22. The molecule has 0 aromatic heterocycles. The molecule has 2 aromatic rings. The summed E-state index contributed by atoms with van der Waals surface area (Å²) in [6.07, 6.45) is 0. The van der Waals surface area contributed by atoms with Gasteiger partial charge in [-0.25, -0.2) is 0 Å². The molecule has 11 heteroatoms. The van der Waals surface area contributed by atoms with Crippen molar-refractivity contribution >= 4 is 54.3 Å². The Kier molecular flexibility index (Phi) is 7.26. The SMILES string of the molecule is CN(C)C(=O)c1cccc(NC2=NS(=O)N=C2N[C@@H](c2cccc(F)c2)I(C)C)c1O. The molecular formula is C20H23FIN5O3S. The van der Waals surface area contributed by atoms with Gasteiger partial charge in [0.05, 0.1) is 0 Å². The van der Waals surface area contributed by atoms with Gasteiger partial charge in [-0.3, -0.25) is 0 Å². The number of halogens is 2. The molecule has 3 rings (SSSR count). The van der Waals surface area contributed by atoms with Crippen LogP contribution in [-0.2, 0) is 11.2 Å². The van der Waals surface area contributed by atoms with E-state index in [-0.39, 0.29) is 44.4 Å². The molecule has 1 heterocycles. The van der Waals surface area contributed by atoms with Crippen LogP contribution in [0.1, 0.15) is 20.0 Å². The van der Waals surface area contributed by atoms with Crippen LogP contribution in [0.25, 0.3) is 0 Å². The van der Waals surface area contributed by atoms with Gasteiger partial charge >= 0.3 is 190 Å². The Balaban J connectivity index is 1.87. The van der Waals surface area contributed by atoms with Gasteiger partial charge in [-0.1, -0.05) is 0 Å². The van der Waals surface area contributed by atoms with Crippen LogP contribution in [0.15, 0.2) is 51.3 Å². The van der Waals surface area contributed by atoms with Crippen LogP contribution in [0.3, 0.4) is 0 Å². The monoisotopic (exact) mass is 559 g/mol. The number of aromatic hydroxyl groups is 1. The first-order chi connectivity index (χ1) is 14.7. The van der Waals surface area contributed by atoms with Crippen LogP contribution in [0.5, 0.6) is 5.75 Å². The van der Waals surface area contributed by atoms with E-state index in [1.165, 1.54) is 23.1 Å². The first-order valence-corrected chi connectivity index (χ1v) is 15.7. The molecule has 2 aromatic carbocycles. The summed E-state index contributed by atoms with van der Waals surface area (Å²) in [5, 5.41) is 16.7. The minimum absolute atomic E-state index is 0.120. The summed E-state index contributed by atoms with van der Waals surface area (Å²) < 4.78 is 33.6. The van der Waals surface area contributed by atoms with E-state index in [2.05, 4.69) is 29.3 Å². The fraction of sp³-hybridized carbons (Fsp3) is 0.250. The number of rotatable bonds is 5. The average molecular weight is 559 g/mol. The number of carbonyl (C=O) groups excluding carboxylic acids is 1. The predicted molar refractivity (Wildman–Crippen MR) is 131 cm³/mol. The Morgan fingerprint density at radius 1 is 1.16 bits per heavy atom. The number of nitrogens with one attached hydrogen (secondary N) is 2. The third kappa shape index (κ3) is 5.39. The summed E-state index contributed by atoms with van der Waals surface area (Å²) in [6, 6.07) is 11.0. The number of benzene rings is 2. The number of nitrogens with zero attached hydrogens (tertiary/aromatic N) is 3. The number of carbonyl (C=O) groups is 1. The number of amides is 1. The predicted octanol–water partition coefficient (Wildman–Crippen LogP) is 3.09. The minimum atomic E-state index is -1.84. The molecule has 0 spiro atoms. The summed E-state index contributed by atoms with van der Waals surface area (Å²) in [7, 11) is 3.17. The molecule has 0 bridgehead atoms. The molecule has 31 heavy (non-hydrogen) atoms. The van der Waals surface area contributed by atoms with E-state index in [1.807, 2.05) is 6.07 Å². The van der Waals surface area contributed by atoms with Crippen molar-refractivity contribution in [2.45, 2.75) is 4.05 Å². The van der Waals surface area contributed by atoms with E-state index in [4.69, 9.17) is 0 Å². The number of phenols is 1. The van der Waals surface area contributed by atoms with Gasteiger partial charge < -0.3 is 0 Å². The van der Waals surface area contributed by atoms with Crippen molar-refractivity contribution < 1.29 is 18.5 Å². The molecule has 3 N–H and O–H groups in total. The topological polar surface area (TPSA) is 106 Å². The maximum absolute atomic E-state index is 13.8. The Labute approximate surface area is 189 Å². The summed E-state index contributed by atoms with van der Waals surface area (Å²) >= 11 is -3.43. The van der Waals surface area contributed by atoms with Crippen molar-refractivity contribution in [3.8, 4) is 5.75 Å². The second-order valence-electron chi connectivity index (χ2n) is 7.01. The third-order valence-electron chi connectivity index (χ3n) is 4.33. The van der Waals surface area contributed by atoms with Gasteiger partial charge in [-0.2, -0.15) is 0 Å². The fourth-order valence-electron chi connectivity index (χ4n) is 2.85. The number of phenolic OH excluding ortho intramolecular Hbond substituents is 1. The van der Waals surface area contributed by atoms with Gasteiger partial charge in [0.2, 0.25) is 0 Å². The third-order valence-corrected chi connectivity index (χ3v) is 8.53. The van der Waals surface area contributed by atoms with Crippen molar-refractivity contribution in [3.63, 3.8) is 0 Å². The Bertz CT molecular complexity index is 1090. The molecule has 0 radical (unpaired) electrons. The van der Waals surface area contributed by atoms with E-state index < -0.39 is 31.0 Å². The number of para-hydroxylation sites is 1. The van der Waals surface area contributed by atoms with Gasteiger partial charge in [0.15, 0.2) is 0 Å². The molecule has 1 unspecified atom stereocenters. The van der Waals surface area contributed by atoms with Gasteiger partial charge in [0.25, 0.3) is 0 Å². The number of hydrogen-bond donors (Lipinski definition) is 3. The molecule has 0 saturated heterocycles. The summed E-state index contributed by atoms with van der Waals surface area (Å²) in [4.78, 5) is 17.9. The molecule has 8 nitrogen and oxygen atoms in total. The molecule has 0 fully saturated rings. The standard InChI is InChI=1S/C20H23FIN5O3S/c1-22(2)17(12-7-5-8-13(21)11-12)24-19-18(25-31(30)26-19)23-15-10-6-9-14(16(15)28)20(29)27(3)4/h5-11,17,28H,1-4H3,(H,23,25)(H,24,26)/t17-,31?/m0/s1. The zero-order chi connectivity index (χ0) is 22.7. The first kappa shape index (κ1) is 23.1. The molecule has 0 saturated carbocycles. The summed E-state index contributed by atoms with van der Waals surface area (Å²) in [5.74, 6) is -0.521. The molecule has 1 amide bonds. The van der Waals surface area contributed by atoms with Crippen molar-refractivity contribution in [1.82, 2.24) is 10.2 Å². The Morgan fingerprint density at radius 2 is 1.84 bits per heavy atom. The summed E-state index contributed by atoms with van der Waals surface area (Å²) in [5.41, 5.74) is 1.12. The van der Waals surface area contributed by atoms with Gasteiger partial charge in [-0.05, 0) is 0 Å². The maximum atomic E-state index is 13.8. The number of alkyl halides is 3. The van der Waals surface area contributed by atoms with Crippen LogP contribution in [0.4, 0.5) is 10.1 Å². The van der Waals surface area contributed by atoms with Gasteiger partial charge in [0, 0.05) is 0 Å². The zero-order valence-electron chi connectivity index (χ0n) is 17.4. The van der Waals surface area contributed by atoms with Crippen molar-refractivity contribution in [2.24, 2.45) is 8.80 Å². The number of hydrogen-bond acceptors (Lipinski definition) is 5. The van der Waals surface area contributed by atoms with Crippen molar-refractivity contribution in [2.75, 3.05) is 29.3 Å². The quantitative estimate of drug-likeness (QED) is 0.226. The average Bonchev–Trinajstić information content (AvgIpc) is 3.05. The molecule has 1 aliphatic rings. The molecule has 2 atom stereocenters. The van der Waals surface area contributed by atoms with Gasteiger partial charge in [0.1, 0.15) is 0 Å². The van der Waals surface area contributed by atoms with E-state index in [0.29, 0.717) is 0 Å². The Hall–Kier alpha value is -2.54.